The van der Waals surface area contributed by atoms with Gasteiger partial charge in [0.15, 0.2) is 0 Å². The highest BCUT2D eigenvalue weighted by atomic mass is 32.2. The van der Waals surface area contributed by atoms with E-state index in [0.717, 1.165) is 35.6 Å². The monoisotopic (exact) mass is 378 g/mol. The summed E-state index contributed by atoms with van der Waals surface area (Å²) < 4.78 is 37.1. The quantitative estimate of drug-likeness (QED) is 0.743. The van der Waals surface area contributed by atoms with Crippen molar-refractivity contribution < 1.29 is 22.4 Å². The lowest BCUT2D eigenvalue weighted by Crippen LogP contribution is -2.27. The predicted octanol–water partition coefficient (Wildman–Crippen LogP) is 2.86. The maximum absolute atomic E-state index is 12.9. The van der Waals surface area contributed by atoms with E-state index in [1.54, 1.807) is 26.0 Å². The van der Waals surface area contributed by atoms with Crippen molar-refractivity contribution in [1.82, 2.24) is 4.98 Å². The first-order valence-electron chi connectivity index (χ1n) is 8.60. The molecule has 1 aromatic carbocycles. The third kappa shape index (κ3) is 3.33. The van der Waals surface area contributed by atoms with Crippen LogP contribution in [0.15, 0.2) is 27.5 Å². The van der Waals surface area contributed by atoms with E-state index in [9.17, 15) is 13.2 Å². The van der Waals surface area contributed by atoms with E-state index in [-0.39, 0.29) is 29.0 Å². The summed E-state index contributed by atoms with van der Waals surface area (Å²) >= 11 is 0. The molecule has 0 atom stereocenters. The predicted molar refractivity (Wildman–Crippen MR) is 95.9 cm³/mol. The van der Waals surface area contributed by atoms with Crippen molar-refractivity contribution in [1.29, 1.82) is 0 Å². The molecule has 8 heteroatoms. The summed E-state index contributed by atoms with van der Waals surface area (Å²) in [6, 6.07) is 5.05. The summed E-state index contributed by atoms with van der Waals surface area (Å²) in [4.78, 5) is 16.1. The van der Waals surface area contributed by atoms with Gasteiger partial charge in [-0.15, -0.1) is 0 Å². The number of fused-ring (bicyclic) bond motifs is 1. The van der Waals surface area contributed by atoms with Gasteiger partial charge in [0.2, 0.25) is 5.76 Å². The Balaban J connectivity index is 1.92. The second-order valence-electron chi connectivity index (χ2n) is 6.24. The molecule has 0 bridgehead atoms. The summed E-state index contributed by atoms with van der Waals surface area (Å²) in [5.74, 6) is -0.752. The fourth-order valence-electron chi connectivity index (χ4n) is 3.03. The number of hydrogen-bond acceptors (Lipinski definition) is 6. The highest BCUT2D eigenvalue weighted by Gasteiger charge is 2.29. The Hall–Kier alpha value is -2.35. The fraction of sp³-hybridized carbons (Fsp3) is 0.444. The molecule has 0 saturated carbocycles. The van der Waals surface area contributed by atoms with Crippen molar-refractivity contribution in [2.75, 3.05) is 18.0 Å². The van der Waals surface area contributed by atoms with Gasteiger partial charge >= 0.3 is 12.0 Å². The van der Waals surface area contributed by atoms with E-state index in [2.05, 4.69) is 4.98 Å². The zero-order valence-electron chi connectivity index (χ0n) is 15.1. The van der Waals surface area contributed by atoms with Crippen molar-refractivity contribution in [3.05, 3.63) is 40.8 Å². The highest BCUT2D eigenvalue weighted by molar-refractivity contribution is 7.92. The summed E-state index contributed by atoms with van der Waals surface area (Å²) in [5.41, 5.74) is 2.56. The average Bonchev–Trinajstić information content (AvgIpc) is 3.02. The number of esters is 1. The number of nitrogens with zero attached hydrogens (tertiary/aromatic N) is 2. The minimum Gasteiger partial charge on any atom is -0.460 e. The van der Waals surface area contributed by atoms with Crippen molar-refractivity contribution in [2.45, 2.75) is 44.4 Å². The molecule has 1 aromatic heterocycles. The van der Waals surface area contributed by atoms with Gasteiger partial charge in [-0.05, 0) is 62.8 Å². The third-order valence-corrected chi connectivity index (χ3v) is 6.22. The van der Waals surface area contributed by atoms with Crippen LogP contribution in [0.5, 0.6) is 0 Å². The van der Waals surface area contributed by atoms with Crippen molar-refractivity contribution in [3.63, 3.8) is 0 Å². The smallest absolute Gasteiger partial charge is 0.376 e. The van der Waals surface area contributed by atoms with Gasteiger partial charge < -0.3 is 9.15 Å². The zero-order chi connectivity index (χ0) is 18.9. The lowest BCUT2D eigenvalue weighted by atomic mass is 9.92. The van der Waals surface area contributed by atoms with E-state index in [0.29, 0.717) is 0 Å². The van der Waals surface area contributed by atoms with Crippen molar-refractivity contribution >= 4 is 22.0 Å². The molecule has 0 N–H and O–H groups in total. The lowest BCUT2D eigenvalue weighted by molar-refractivity contribution is 0.0490. The molecule has 0 radical (unpaired) electrons. The topological polar surface area (TPSA) is 89.7 Å². The SMILES string of the molecule is CCOC(=O)c1oc(N(C)S(=O)(=O)c2ccc3c(c2)CCCC3)nc1C. The van der Waals surface area contributed by atoms with E-state index >= 15 is 0 Å². The van der Waals surface area contributed by atoms with Crippen LogP contribution in [0.2, 0.25) is 0 Å². The van der Waals surface area contributed by atoms with E-state index in [4.69, 9.17) is 9.15 Å². The van der Waals surface area contributed by atoms with Crippen LogP contribution in [0.1, 0.15) is 47.1 Å². The van der Waals surface area contributed by atoms with Crippen LogP contribution in [0.25, 0.3) is 0 Å². The maximum atomic E-state index is 12.9. The van der Waals surface area contributed by atoms with E-state index < -0.39 is 16.0 Å². The number of carbonyl (C=O) groups excluding carboxylic acids is 1. The summed E-state index contributed by atoms with van der Waals surface area (Å²) in [5, 5.41) is 0. The molecular formula is C18H22N2O5S. The van der Waals surface area contributed by atoms with Crippen LogP contribution in [0, 0.1) is 6.92 Å². The molecule has 0 saturated heterocycles. The van der Waals surface area contributed by atoms with Crippen molar-refractivity contribution in [2.24, 2.45) is 0 Å². The van der Waals surface area contributed by atoms with Crippen LogP contribution in [0.3, 0.4) is 0 Å². The molecular weight excluding hydrogens is 356 g/mol. The Bertz CT molecular complexity index is 933. The van der Waals surface area contributed by atoms with Gasteiger partial charge in [-0.1, -0.05) is 6.07 Å². The molecule has 2 aromatic rings. The summed E-state index contributed by atoms with van der Waals surface area (Å²) in [6.07, 6.45) is 4.06. The lowest BCUT2D eigenvalue weighted by Gasteiger charge is -2.19. The molecule has 26 heavy (non-hydrogen) atoms. The molecule has 0 amide bonds. The van der Waals surface area contributed by atoms with Crippen molar-refractivity contribution in [3.8, 4) is 0 Å². The second-order valence-corrected chi connectivity index (χ2v) is 8.21. The summed E-state index contributed by atoms with van der Waals surface area (Å²) in [7, 11) is -2.49. The summed E-state index contributed by atoms with van der Waals surface area (Å²) in [6.45, 7) is 3.44. The van der Waals surface area contributed by atoms with Crippen LogP contribution >= 0.6 is 0 Å². The van der Waals surface area contributed by atoms with Gasteiger partial charge in [-0.2, -0.15) is 4.98 Å². The van der Waals surface area contributed by atoms with Gasteiger partial charge in [-0.25, -0.2) is 17.5 Å². The number of carbonyl (C=O) groups is 1. The number of aryl methyl sites for hydroxylation is 3. The van der Waals surface area contributed by atoms with Crippen LogP contribution in [-0.4, -0.2) is 33.0 Å². The van der Waals surface area contributed by atoms with Gasteiger partial charge in [0.05, 0.1) is 17.2 Å². The maximum Gasteiger partial charge on any atom is 0.376 e. The first kappa shape index (κ1) is 18.4. The molecule has 1 aliphatic rings. The molecule has 3 rings (SSSR count). The van der Waals surface area contributed by atoms with E-state index in [1.165, 1.54) is 12.6 Å². The number of oxazole rings is 1. The van der Waals surface area contributed by atoms with Gasteiger partial charge in [0.1, 0.15) is 0 Å². The molecule has 0 fully saturated rings. The number of aromatic nitrogens is 1. The standard InChI is InChI=1S/C18H22N2O5S/c1-4-24-17(21)16-12(2)19-18(25-16)20(3)26(22,23)15-10-9-13-7-5-6-8-14(13)11-15/h9-11H,4-8H2,1-3H3. The van der Waals surface area contributed by atoms with E-state index in [1.807, 2.05) is 6.07 Å². The minimum absolute atomic E-state index is 0.0886. The van der Waals surface area contributed by atoms with Gasteiger partial charge in [-0.3, -0.25) is 0 Å². The zero-order valence-corrected chi connectivity index (χ0v) is 15.9. The molecule has 1 aliphatic carbocycles. The number of ether oxygens (including phenoxy) is 1. The number of anilines is 1. The number of benzene rings is 1. The molecule has 7 nitrogen and oxygen atoms in total. The molecule has 1 heterocycles. The normalized spacial score (nSPS) is 14.0. The van der Waals surface area contributed by atoms with Gasteiger partial charge in [0, 0.05) is 7.05 Å². The highest BCUT2D eigenvalue weighted by Crippen LogP contribution is 2.28. The Kier molecular flexibility index (Phi) is 5.04. The Morgan fingerprint density at radius 2 is 1.96 bits per heavy atom. The molecule has 0 spiro atoms. The van der Waals surface area contributed by atoms with Crippen LogP contribution in [-0.2, 0) is 27.6 Å². The Morgan fingerprint density at radius 3 is 2.65 bits per heavy atom. The number of rotatable bonds is 5. The number of hydrogen-bond donors (Lipinski definition) is 0. The second kappa shape index (κ2) is 7.11. The third-order valence-electron chi connectivity index (χ3n) is 4.49. The van der Waals surface area contributed by atoms with Gasteiger partial charge in [0.25, 0.3) is 10.0 Å². The largest absolute Gasteiger partial charge is 0.460 e. The molecule has 140 valence electrons. The van der Waals surface area contributed by atoms with Crippen LogP contribution in [0.4, 0.5) is 6.01 Å². The Labute approximate surface area is 153 Å². The van der Waals surface area contributed by atoms with Crippen LogP contribution < -0.4 is 4.31 Å². The first-order valence-corrected chi connectivity index (χ1v) is 10.0. The first-order chi connectivity index (χ1) is 12.3. The average molecular weight is 378 g/mol. The molecule has 0 aliphatic heterocycles. The number of sulfonamides is 1. The Morgan fingerprint density at radius 1 is 1.27 bits per heavy atom. The minimum atomic E-state index is -3.84. The molecule has 0 unspecified atom stereocenters. The fourth-order valence-corrected chi connectivity index (χ4v) is 4.17.